The van der Waals surface area contributed by atoms with E-state index in [-0.39, 0.29) is 6.04 Å². The topological polar surface area (TPSA) is 49.3 Å². The molecule has 0 aromatic heterocycles. The van der Waals surface area contributed by atoms with E-state index in [9.17, 15) is 9.90 Å². The van der Waals surface area contributed by atoms with E-state index in [2.05, 4.69) is 11.9 Å². The molecular formula is C19H19NO2. The quantitative estimate of drug-likeness (QED) is 0.757. The largest absolute Gasteiger partial charge is 0.481 e. The lowest BCUT2D eigenvalue weighted by Crippen LogP contribution is -2.31. The molecule has 0 heterocycles. The van der Waals surface area contributed by atoms with Gasteiger partial charge in [-0.15, -0.1) is 6.58 Å². The zero-order chi connectivity index (χ0) is 15.8. The van der Waals surface area contributed by atoms with Gasteiger partial charge in [0.2, 0.25) is 0 Å². The third-order valence-corrected chi connectivity index (χ3v) is 3.33. The fourth-order valence-electron chi connectivity index (χ4n) is 2.16. The first-order chi connectivity index (χ1) is 10.7. The summed E-state index contributed by atoms with van der Waals surface area (Å²) in [5.74, 6) is -1.61. The van der Waals surface area contributed by atoms with E-state index in [1.165, 1.54) is 6.08 Å². The summed E-state index contributed by atoms with van der Waals surface area (Å²) < 4.78 is 0. The van der Waals surface area contributed by atoms with Gasteiger partial charge < -0.3 is 10.4 Å². The molecule has 0 saturated carbocycles. The van der Waals surface area contributed by atoms with Gasteiger partial charge in [-0.2, -0.15) is 0 Å². The van der Waals surface area contributed by atoms with Crippen molar-refractivity contribution in [2.24, 2.45) is 5.92 Å². The van der Waals surface area contributed by atoms with Crippen LogP contribution in [0.3, 0.4) is 0 Å². The Morgan fingerprint density at radius 1 is 1.05 bits per heavy atom. The van der Waals surface area contributed by atoms with Crippen molar-refractivity contribution < 1.29 is 9.90 Å². The molecular weight excluding hydrogens is 274 g/mol. The van der Waals surface area contributed by atoms with Crippen LogP contribution < -0.4 is 5.32 Å². The number of carbonyl (C=O) groups is 1. The van der Waals surface area contributed by atoms with E-state index in [4.69, 9.17) is 0 Å². The predicted octanol–water partition coefficient (Wildman–Crippen LogP) is 4.07. The molecule has 2 N–H and O–H groups in total. The minimum absolute atomic E-state index is 0.377. The van der Waals surface area contributed by atoms with Crippen LogP contribution in [-0.2, 0) is 4.79 Å². The van der Waals surface area contributed by atoms with Gasteiger partial charge in [-0.1, -0.05) is 66.8 Å². The maximum atomic E-state index is 11.4. The Kier molecular flexibility index (Phi) is 5.55. The molecule has 112 valence electrons. The minimum Gasteiger partial charge on any atom is -0.481 e. The average molecular weight is 293 g/mol. The number of benzene rings is 2. The first kappa shape index (κ1) is 15.6. The van der Waals surface area contributed by atoms with Crippen molar-refractivity contribution in [2.75, 3.05) is 5.32 Å². The second-order valence-corrected chi connectivity index (χ2v) is 4.91. The van der Waals surface area contributed by atoms with Crippen LogP contribution in [0.2, 0.25) is 0 Å². The summed E-state index contributed by atoms with van der Waals surface area (Å²) in [6.45, 7) is 3.65. The van der Waals surface area contributed by atoms with Gasteiger partial charge in [0, 0.05) is 5.69 Å². The lowest BCUT2D eigenvalue weighted by molar-refractivity contribution is -0.140. The van der Waals surface area contributed by atoms with Crippen molar-refractivity contribution in [3.05, 3.63) is 85.0 Å². The third-order valence-electron chi connectivity index (χ3n) is 3.33. The van der Waals surface area contributed by atoms with E-state index in [0.29, 0.717) is 0 Å². The van der Waals surface area contributed by atoms with Crippen molar-refractivity contribution in [3.63, 3.8) is 0 Å². The molecule has 0 amide bonds. The molecule has 0 spiro atoms. The Morgan fingerprint density at radius 3 is 2.18 bits per heavy atom. The van der Waals surface area contributed by atoms with E-state index < -0.39 is 11.9 Å². The van der Waals surface area contributed by atoms with Crippen LogP contribution in [0.15, 0.2) is 79.4 Å². The van der Waals surface area contributed by atoms with Crippen LogP contribution in [0, 0.1) is 5.92 Å². The number of anilines is 1. The number of rotatable bonds is 7. The van der Waals surface area contributed by atoms with Gasteiger partial charge >= 0.3 is 5.97 Å². The van der Waals surface area contributed by atoms with E-state index in [1.807, 2.05) is 72.8 Å². The summed E-state index contributed by atoms with van der Waals surface area (Å²) in [6, 6.07) is 19.0. The molecule has 0 fully saturated rings. The first-order valence-electron chi connectivity index (χ1n) is 7.11. The normalized spacial score (nSPS) is 13.5. The van der Waals surface area contributed by atoms with E-state index in [0.717, 1.165) is 11.3 Å². The Labute approximate surface area is 130 Å². The molecule has 3 nitrogen and oxygen atoms in total. The molecule has 2 rings (SSSR count). The second-order valence-electron chi connectivity index (χ2n) is 4.91. The highest BCUT2D eigenvalue weighted by Gasteiger charge is 2.23. The molecule has 0 aliphatic rings. The van der Waals surface area contributed by atoms with Crippen molar-refractivity contribution >= 4 is 17.7 Å². The lowest BCUT2D eigenvalue weighted by atomic mass is 9.98. The van der Waals surface area contributed by atoms with Crippen LogP contribution in [0.25, 0.3) is 6.08 Å². The van der Waals surface area contributed by atoms with Gasteiger partial charge in [0.25, 0.3) is 0 Å². The van der Waals surface area contributed by atoms with Crippen molar-refractivity contribution in [2.45, 2.75) is 6.04 Å². The minimum atomic E-state index is -0.902. The molecule has 0 aliphatic heterocycles. The summed E-state index contributed by atoms with van der Waals surface area (Å²) in [5, 5.41) is 12.6. The van der Waals surface area contributed by atoms with E-state index >= 15 is 0 Å². The Morgan fingerprint density at radius 2 is 1.64 bits per heavy atom. The SMILES string of the molecule is C=CC(C(=O)O)C(/C=C/c1ccccc1)Nc1ccccc1. The highest BCUT2D eigenvalue weighted by Crippen LogP contribution is 2.16. The summed E-state index contributed by atoms with van der Waals surface area (Å²) in [7, 11) is 0. The van der Waals surface area contributed by atoms with Crippen LogP contribution >= 0.6 is 0 Å². The fourth-order valence-corrected chi connectivity index (χ4v) is 2.16. The molecule has 0 bridgehead atoms. The summed E-state index contributed by atoms with van der Waals surface area (Å²) in [6.07, 6.45) is 5.24. The molecule has 2 unspecified atom stereocenters. The molecule has 0 radical (unpaired) electrons. The smallest absolute Gasteiger partial charge is 0.312 e. The maximum Gasteiger partial charge on any atom is 0.312 e. The monoisotopic (exact) mass is 293 g/mol. The molecule has 2 aromatic rings. The standard InChI is InChI=1S/C19H19NO2/c1-2-17(19(21)22)18(20-16-11-7-4-8-12-16)14-13-15-9-5-3-6-10-15/h2-14,17-18,20H,1H2,(H,21,22)/b14-13+. The van der Waals surface area contributed by atoms with Crippen LogP contribution in [0.4, 0.5) is 5.69 Å². The van der Waals surface area contributed by atoms with Gasteiger partial charge in [-0.25, -0.2) is 0 Å². The maximum absolute atomic E-state index is 11.4. The van der Waals surface area contributed by atoms with Gasteiger partial charge in [-0.3, -0.25) is 4.79 Å². The van der Waals surface area contributed by atoms with E-state index in [1.54, 1.807) is 0 Å². The predicted molar refractivity (Wildman–Crippen MR) is 90.7 cm³/mol. The summed E-state index contributed by atoms with van der Waals surface area (Å²) in [5.41, 5.74) is 1.90. The Hall–Kier alpha value is -2.81. The highest BCUT2D eigenvalue weighted by molar-refractivity contribution is 5.75. The van der Waals surface area contributed by atoms with Crippen LogP contribution in [-0.4, -0.2) is 17.1 Å². The number of hydrogen-bond donors (Lipinski definition) is 2. The highest BCUT2D eigenvalue weighted by atomic mass is 16.4. The van der Waals surface area contributed by atoms with Crippen LogP contribution in [0.1, 0.15) is 5.56 Å². The van der Waals surface area contributed by atoms with Gasteiger partial charge in [0.1, 0.15) is 0 Å². The number of nitrogens with one attached hydrogen (secondary N) is 1. The molecule has 22 heavy (non-hydrogen) atoms. The van der Waals surface area contributed by atoms with Crippen molar-refractivity contribution in [1.82, 2.24) is 0 Å². The molecule has 0 aliphatic carbocycles. The molecule has 0 saturated heterocycles. The molecule has 2 aromatic carbocycles. The molecule has 3 heteroatoms. The third kappa shape index (κ3) is 4.35. The second kappa shape index (κ2) is 7.84. The van der Waals surface area contributed by atoms with Crippen LogP contribution in [0.5, 0.6) is 0 Å². The van der Waals surface area contributed by atoms with Crippen molar-refractivity contribution in [1.29, 1.82) is 0 Å². The number of aliphatic carboxylic acids is 1. The first-order valence-corrected chi connectivity index (χ1v) is 7.11. The zero-order valence-corrected chi connectivity index (χ0v) is 12.2. The number of hydrogen-bond acceptors (Lipinski definition) is 2. The summed E-state index contributed by atoms with van der Waals surface area (Å²) in [4.78, 5) is 11.4. The van der Waals surface area contributed by atoms with Gasteiger partial charge in [0.15, 0.2) is 0 Å². The fraction of sp³-hybridized carbons (Fsp3) is 0.105. The Balaban J connectivity index is 2.23. The average Bonchev–Trinajstić information content (AvgIpc) is 2.54. The number of carboxylic acids is 1. The van der Waals surface area contributed by atoms with Gasteiger partial charge in [0.05, 0.1) is 12.0 Å². The van der Waals surface area contributed by atoms with Crippen molar-refractivity contribution in [3.8, 4) is 0 Å². The lowest BCUT2D eigenvalue weighted by Gasteiger charge is -2.21. The number of para-hydroxylation sites is 1. The zero-order valence-electron chi connectivity index (χ0n) is 12.2. The molecule has 2 atom stereocenters. The summed E-state index contributed by atoms with van der Waals surface area (Å²) >= 11 is 0. The van der Waals surface area contributed by atoms with Gasteiger partial charge in [-0.05, 0) is 17.7 Å². The number of carboxylic acid groups (broad SMARTS) is 1. The Bertz CT molecular complexity index is 635.